The number of carbonyl (C=O) groups excluding carboxylic acids is 1. The molecule has 0 bridgehead atoms. The van der Waals surface area contributed by atoms with Crippen LogP contribution in [0.25, 0.3) is 0 Å². The molecule has 1 fully saturated rings. The highest BCUT2D eigenvalue weighted by molar-refractivity contribution is 9.10. The topological polar surface area (TPSA) is 26.3 Å². The van der Waals surface area contributed by atoms with Crippen LogP contribution in [0, 0.1) is 17.3 Å². The zero-order chi connectivity index (χ0) is 14.9. The Hall–Kier alpha value is -1.09. The van der Waals surface area contributed by atoms with Gasteiger partial charge >= 0.3 is 5.97 Å². The van der Waals surface area contributed by atoms with E-state index in [1.807, 2.05) is 24.3 Å². The van der Waals surface area contributed by atoms with Gasteiger partial charge in [0, 0.05) is 4.47 Å². The smallest absolute Gasteiger partial charge is 0.310 e. The molecule has 1 aliphatic rings. The third kappa shape index (κ3) is 3.32. The monoisotopic (exact) mass is 336 g/mol. The molecule has 2 rings (SSSR count). The average Bonchev–Trinajstić information content (AvgIpc) is 2.87. The second-order valence-electron chi connectivity index (χ2n) is 6.31. The number of halogens is 1. The minimum Gasteiger partial charge on any atom is -0.461 e. The normalized spacial score (nSPS) is 23.1. The van der Waals surface area contributed by atoms with Crippen molar-refractivity contribution in [1.82, 2.24) is 0 Å². The molecule has 0 N–H and O–H groups in total. The standard InChI is InChI=1S/C17H21BrO2/c1-11(2)8-14-15(17(14,3)4)16(19)20-10-12-6-5-7-13(18)9-12/h5-9,14-15H,10H2,1-4H3/t14-,15-/m0/s1. The van der Waals surface area contributed by atoms with Crippen LogP contribution < -0.4 is 0 Å². The fourth-order valence-electron chi connectivity index (χ4n) is 2.67. The van der Waals surface area contributed by atoms with E-state index >= 15 is 0 Å². The summed E-state index contributed by atoms with van der Waals surface area (Å²) >= 11 is 3.42. The van der Waals surface area contributed by atoms with E-state index < -0.39 is 0 Å². The zero-order valence-electron chi connectivity index (χ0n) is 12.4. The fourth-order valence-corrected chi connectivity index (χ4v) is 3.12. The van der Waals surface area contributed by atoms with E-state index in [4.69, 9.17) is 4.74 Å². The molecule has 0 unspecified atom stereocenters. The number of hydrogen-bond donors (Lipinski definition) is 0. The first-order valence-corrected chi connectivity index (χ1v) is 7.68. The molecule has 1 saturated carbocycles. The molecule has 0 aromatic heterocycles. The van der Waals surface area contributed by atoms with E-state index in [0.29, 0.717) is 12.5 Å². The highest BCUT2D eigenvalue weighted by atomic mass is 79.9. The molecule has 0 heterocycles. The van der Waals surface area contributed by atoms with E-state index in [0.717, 1.165) is 10.0 Å². The third-order valence-electron chi connectivity index (χ3n) is 3.95. The SMILES string of the molecule is CC(C)=C[C@H]1[C@@H](C(=O)OCc2cccc(Br)c2)C1(C)C. The van der Waals surface area contributed by atoms with E-state index in [1.165, 1.54) is 5.57 Å². The minimum atomic E-state index is -0.0857. The second-order valence-corrected chi connectivity index (χ2v) is 7.22. The van der Waals surface area contributed by atoms with Gasteiger partial charge in [0.15, 0.2) is 0 Å². The number of hydrogen-bond acceptors (Lipinski definition) is 2. The number of esters is 1. The summed E-state index contributed by atoms with van der Waals surface area (Å²) in [5.41, 5.74) is 2.28. The molecule has 2 nitrogen and oxygen atoms in total. The van der Waals surface area contributed by atoms with Crippen LogP contribution in [-0.2, 0) is 16.1 Å². The molecule has 0 spiro atoms. The van der Waals surface area contributed by atoms with Crippen LogP contribution in [0.2, 0.25) is 0 Å². The summed E-state index contributed by atoms with van der Waals surface area (Å²) in [5, 5.41) is 0. The van der Waals surface area contributed by atoms with Crippen molar-refractivity contribution in [2.75, 3.05) is 0 Å². The Labute approximate surface area is 129 Å². The predicted molar refractivity (Wildman–Crippen MR) is 84.1 cm³/mol. The second kappa shape index (κ2) is 5.72. The molecular formula is C17H21BrO2. The summed E-state index contributed by atoms with van der Waals surface area (Å²) < 4.78 is 6.47. The lowest BCUT2D eigenvalue weighted by Gasteiger charge is -2.06. The molecule has 1 aromatic rings. The quantitative estimate of drug-likeness (QED) is 0.586. The van der Waals surface area contributed by atoms with Gasteiger partial charge in [-0.25, -0.2) is 0 Å². The van der Waals surface area contributed by atoms with Crippen LogP contribution in [0.1, 0.15) is 33.3 Å². The predicted octanol–water partition coefficient (Wildman–Crippen LogP) is 4.73. The van der Waals surface area contributed by atoms with Crippen LogP contribution in [0.5, 0.6) is 0 Å². The Kier molecular flexibility index (Phi) is 4.38. The van der Waals surface area contributed by atoms with Crippen molar-refractivity contribution in [1.29, 1.82) is 0 Å². The molecule has 2 atom stereocenters. The van der Waals surface area contributed by atoms with Gasteiger partial charge in [-0.2, -0.15) is 0 Å². The first kappa shape index (κ1) is 15.3. The highest BCUT2D eigenvalue weighted by Crippen LogP contribution is 2.59. The van der Waals surface area contributed by atoms with Gasteiger partial charge in [0.05, 0.1) is 5.92 Å². The van der Waals surface area contributed by atoms with E-state index in [-0.39, 0.29) is 17.3 Å². The lowest BCUT2D eigenvalue weighted by molar-refractivity contribution is -0.147. The van der Waals surface area contributed by atoms with Crippen molar-refractivity contribution in [3.05, 3.63) is 46.0 Å². The Bertz CT molecular complexity index is 542. The van der Waals surface area contributed by atoms with Gasteiger partial charge in [0.1, 0.15) is 6.61 Å². The molecule has 0 amide bonds. The number of allylic oxidation sites excluding steroid dienone is 2. The van der Waals surface area contributed by atoms with Gasteiger partial charge in [-0.15, -0.1) is 0 Å². The maximum Gasteiger partial charge on any atom is 0.310 e. The number of ether oxygens (including phenoxy) is 1. The zero-order valence-corrected chi connectivity index (χ0v) is 14.0. The van der Waals surface area contributed by atoms with Crippen molar-refractivity contribution in [2.45, 2.75) is 34.3 Å². The van der Waals surface area contributed by atoms with Gasteiger partial charge in [0.25, 0.3) is 0 Å². The molecule has 0 saturated heterocycles. The number of rotatable bonds is 4. The van der Waals surface area contributed by atoms with Crippen LogP contribution in [0.15, 0.2) is 40.4 Å². The van der Waals surface area contributed by atoms with Crippen LogP contribution in [-0.4, -0.2) is 5.97 Å². The van der Waals surface area contributed by atoms with Crippen LogP contribution >= 0.6 is 15.9 Å². The average molecular weight is 337 g/mol. The summed E-state index contributed by atoms with van der Waals surface area (Å²) in [5.74, 6) is 0.213. The van der Waals surface area contributed by atoms with Crippen molar-refractivity contribution in [2.24, 2.45) is 17.3 Å². The summed E-state index contributed by atoms with van der Waals surface area (Å²) in [4.78, 5) is 12.2. The summed E-state index contributed by atoms with van der Waals surface area (Å²) in [6, 6.07) is 7.84. The van der Waals surface area contributed by atoms with E-state index in [2.05, 4.69) is 49.7 Å². The Morgan fingerprint density at radius 2 is 2.10 bits per heavy atom. The van der Waals surface area contributed by atoms with Crippen molar-refractivity contribution in [3.63, 3.8) is 0 Å². The Morgan fingerprint density at radius 1 is 1.40 bits per heavy atom. The molecule has 1 aliphatic carbocycles. The van der Waals surface area contributed by atoms with Gasteiger partial charge in [0.2, 0.25) is 0 Å². The van der Waals surface area contributed by atoms with Crippen LogP contribution in [0.3, 0.4) is 0 Å². The molecule has 108 valence electrons. The molecule has 3 heteroatoms. The molecule has 0 aliphatic heterocycles. The fraction of sp³-hybridized carbons (Fsp3) is 0.471. The Morgan fingerprint density at radius 3 is 2.70 bits per heavy atom. The van der Waals surface area contributed by atoms with Gasteiger partial charge in [-0.05, 0) is 42.9 Å². The van der Waals surface area contributed by atoms with Gasteiger partial charge < -0.3 is 4.74 Å². The van der Waals surface area contributed by atoms with E-state index in [9.17, 15) is 4.79 Å². The third-order valence-corrected chi connectivity index (χ3v) is 4.44. The van der Waals surface area contributed by atoms with E-state index in [1.54, 1.807) is 0 Å². The maximum absolute atomic E-state index is 12.2. The van der Waals surface area contributed by atoms with Gasteiger partial charge in [-0.1, -0.05) is 53.6 Å². The van der Waals surface area contributed by atoms with Crippen molar-refractivity contribution >= 4 is 21.9 Å². The molecule has 20 heavy (non-hydrogen) atoms. The minimum absolute atomic E-state index is 0.00967. The lowest BCUT2D eigenvalue weighted by Crippen LogP contribution is -2.10. The highest BCUT2D eigenvalue weighted by Gasteiger charge is 2.61. The van der Waals surface area contributed by atoms with Gasteiger partial charge in [-0.3, -0.25) is 4.79 Å². The number of benzene rings is 1. The van der Waals surface area contributed by atoms with Crippen LogP contribution in [0.4, 0.5) is 0 Å². The molecular weight excluding hydrogens is 316 g/mol. The summed E-state index contributed by atoms with van der Waals surface area (Å²) in [6.07, 6.45) is 2.19. The Balaban J connectivity index is 1.95. The first-order chi connectivity index (χ1) is 9.32. The largest absolute Gasteiger partial charge is 0.461 e. The first-order valence-electron chi connectivity index (χ1n) is 6.88. The molecule has 1 aromatic carbocycles. The lowest BCUT2D eigenvalue weighted by atomic mass is 10.1. The number of carbonyl (C=O) groups is 1. The summed E-state index contributed by atoms with van der Waals surface area (Å²) in [7, 11) is 0. The maximum atomic E-state index is 12.2. The van der Waals surface area contributed by atoms with Crippen molar-refractivity contribution in [3.8, 4) is 0 Å². The molecule has 0 radical (unpaired) electrons. The summed E-state index contributed by atoms with van der Waals surface area (Å²) in [6.45, 7) is 8.73. The van der Waals surface area contributed by atoms with Crippen molar-refractivity contribution < 1.29 is 9.53 Å².